The number of rotatable bonds is 3. The minimum atomic E-state index is 0.279. The molecule has 3 heterocycles. The van der Waals surface area contributed by atoms with Crippen molar-refractivity contribution >= 4 is 0 Å². The Labute approximate surface area is 126 Å². The van der Waals surface area contributed by atoms with E-state index in [-0.39, 0.29) is 5.60 Å². The number of ether oxygens (including phenoxy) is 1. The van der Waals surface area contributed by atoms with Gasteiger partial charge in [0.1, 0.15) is 6.26 Å². The van der Waals surface area contributed by atoms with Gasteiger partial charge in [0.05, 0.1) is 17.9 Å². The minimum Gasteiger partial charge on any atom is -0.449 e. The molecule has 1 atom stereocenters. The highest BCUT2D eigenvalue weighted by Gasteiger charge is 2.42. The zero-order valence-corrected chi connectivity index (χ0v) is 12.8. The van der Waals surface area contributed by atoms with E-state index in [1.54, 1.807) is 12.5 Å². The van der Waals surface area contributed by atoms with E-state index in [9.17, 15) is 0 Å². The summed E-state index contributed by atoms with van der Waals surface area (Å²) >= 11 is 0. The van der Waals surface area contributed by atoms with Gasteiger partial charge in [-0.2, -0.15) is 0 Å². The maximum Gasteiger partial charge on any atom is 0.197 e. The van der Waals surface area contributed by atoms with Crippen LogP contribution in [-0.2, 0) is 4.74 Å². The Morgan fingerprint density at radius 3 is 2.67 bits per heavy atom. The number of likely N-dealkylation sites (tertiary alicyclic amines) is 1. The molecule has 4 rings (SSSR count). The highest BCUT2D eigenvalue weighted by molar-refractivity contribution is 4.96. The molecule has 0 bridgehead atoms. The third-order valence-electron chi connectivity index (χ3n) is 5.70. The number of piperidine rings is 1. The second-order valence-corrected chi connectivity index (χ2v) is 7.11. The Morgan fingerprint density at radius 2 is 1.95 bits per heavy atom. The summed E-state index contributed by atoms with van der Waals surface area (Å²) in [7, 11) is 0. The van der Waals surface area contributed by atoms with Crippen LogP contribution in [0.1, 0.15) is 63.2 Å². The minimum absolute atomic E-state index is 0.279. The molecule has 2 aliphatic heterocycles. The van der Waals surface area contributed by atoms with Crippen molar-refractivity contribution in [3.63, 3.8) is 0 Å². The van der Waals surface area contributed by atoms with E-state index < -0.39 is 0 Å². The van der Waals surface area contributed by atoms with Gasteiger partial charge in [-0.1, -0.05) is 12.8 Å². The summed E-state index contributed by atoms with van der Waals surface area (Å²) in [6.07, 6.45) is 14.2. The summed E-state index contributed by atoms with van der Waals surface area (Å²) in [5.74, 6) is 1.44. The first-order valence-electron chi connectivity index (χ1n) is 8.63. The molecule has 3 aliphatic rings. The zero-order valence-electron chi connectivity index (χ0n) is 12.8. The topological polar surface area (TPSA) is 38.5 Å². The molecule has 1 aromatic heterocycles. The van der Waals surface area contributed by atoms with Gasteiger partial charge in [-0.05, 0) is 51.6 Å². The Bertz CT molecular complexity index is 445. The summed E-state index contributed by atoms with van der Waals surface area (Å²) in [6.45, 7) is 3.43. The molecule has 0 N–H and O–H groups in total. The van der Waals surface area contributed by atoms with Crippen LogP contribution in [0.5, 0.6) is 0 Å². The van der Waals surface area contributed by atoms with Gasteiger partial charge in [-0.3, -0.25) is 0 Å². The molecular weight excluding hydrogens is 264 g/mol. The molecular formula is C17H26N2O2. The molecule has 1 spiro atoms. The van der Waals surface area contributed by atoms with E-state index in [1.807, 2.05) is 0 Å². The van der Waals surface area contributed by atoms with Crippen molar-refractivity contribution in [3.05, 3.63) is 18.4 Å². The van der Waals surface area contributed by atoms with Crippen LogP contribution in [-0.4, -0.2) is 41.2 Å². The highest BCUT2D eigenvalue weighted by atomic mass is 16.5. The second-order valence-electron chi connectivity index (χ2n) is 7.11. The standard InChI is InChI=1S/C17H26N2O2/c1-2-7-17(6-1)8-3-15(21-17)13-19-10-4-14(5-11-19)16-18-9-12-20-16/h9,12,14-15H,1-8,10-11,13H2. The molecule has 1 unspecified atom stereocenters. The smallest absolute Gasteiger partial charge is 0.197 e. The average molecular weight is 290 g/mol. The van der Waals surface area contributed by atoms with E-state index in [0.717, 1.165) is 25.5 Å². The molecule has 1 aromatic rings. The third-order valence-corrected chi connectivity index (χ3v) is 5.70. The van der Waals surface area contributed by atoms with Crippen molar-refractivity contribution in [2.45, 2.75) is 69.0 Å². The monoisotopic (exact) mass is 290 g/mol. The van der Waals surface area contributed by atoms with Crippen molar-refractivity contribution in [2.75, 3.05) is 19.6 Å². The van der Waals surface area contributed by atoms with Crippen LogP contribution in [0.3, 0.4) is 0 Å². The van der Waals surface area contributed by atoms with Gasteiger partial charge in [-0.25, -0.2) is 4.98 Å². The number of oxazole rings is 1. The molecule has 2 saturated heterocycles. The first-order valence-corrected chi connectivity index (χ1v) is 8.63. The first kappa shape index (κ1) is 13.8. The zero-order chi connectivity index (χ0) is 14.1. The molecule has 0 radical (unpaired) electrons. The number of aromatic nitrogens is 1. The lowest BCUT2D eigenvalue weighted by atomic mass is 9.96. The predicted octanol–water partition coefficient (Wildman–Crippen LogP) is 3.35. The molecule has 1 saturated carbocycles. The molecule has 0 amide bonds. The summed E-state index contributed by atoms with van der Waals surface area (Å²) < 4.78 is 11.9. The quantitative estimate of drug-likeness (QED) is 0.855. The lowest BCUT2D eigenvalue weighted by molar-refractivity contribution is -0.0492. The summed E-state index contributed by atoms with van der Waals surface area (Å²) in [5.41, 5.74) is 0.279. The van der Waals surface area contributed by atoms with Crippen LogP contribution in [0.25, 0.3) is 0 Å². The average Bonchev–Trinajstić information content (AvgIpc) is 3.25. The normalized spacial score (nSPS) is 30.4. The van der Waals surface area contributed by atoms with E-state index >= 15 is 0 Å². The molecule has 4 nitrogen and oxygen atoms in total. The predicted molar refractivity (Wildman–Crippen MR) is 80.2 cm³/mol. The van der Waals surface area contributed by atoms with Crippen molar-refractivity contribution in [2.24, 2.45) is 0 Å². The van der Waals surface area contributed by atoms with E-state index in [2.05, 4.69) is 9.88 Å². The fourth-order valence-electron chi connectivity index (χ4n) is 4.50. The van der Waals surface area contributed by atoms with Gasteiger partial charge < -0.3 is 14.1 Å². The van der Waals surface area contributed by atoms with Crippen molar-refractivity contribution in [1.82, 2.24) is 9.88 Å². The summed E-state index contributed by atoms with van der Waals surface area (Å²) in [5, 5.41) is 0. The maximum atomic E-state index is 6.44. The lowest BCUT2D eigenvalue weighted by Gasteiger charge is -2.33. The number of hydrogen-bond donors (Lipinski definition) is 0. The maximum absolute atomic E-state index is 6.44. The highest BCUT2D eigenvalue weighted by Crippen LogP contribution is 2.43. The van der Waals surface area contributed by atoms with Crippen molar-refractivity contribution < 1.29 is 9.15 Å². The van der Waals surface area contributed by atoms with Gasteiger partial charge >= 0.3 is 0 Å². The van der Waals surface area contributed by atoms with Gasteiger partial charge in [-0.15, -0.1) is 0 Å². The molecule has 1 aliphatic carbocycles. The van der Waals surface area contributed by atoms with Crippen molar-refractivity contribution in [1.29, 1.82) is 0 Å². The Kier molecular flexibility index (Phi) is 3.76. The van der Waals surface area contributed by atoms with E-state index in [1.165, 1.54) is 51.4 Å². The Hall–Kier alpha value is -0.870. The molecule has 3 fully saturated rings. The number of hydrogen-bond acceptors (Lipinski definition) is 4. The van der Waals surface area contributed by atoms with E-state index in [0.29, 0.717) is 12.0 Å². The number of nitrogens with zero attached hydrogens (tertiary/aromatic N) is 2. The van der Waals surface area contributed by atoms with Crippen LogP contribution in [0.2, 0.25) is 0 Å². The SMILES string of the molecule is c1coc(C2CCN(CC3CCC4(CCCC4)O3)CC2)n1. The van der Waals surface area contributed by atoms with Gasteiger partial charge in [0.15, 0.2) is 5.89 Å². The Balaban J connectivity index is 1.26. The fourth-order valence-corrected chi connectivity index (χ4v) is 4.50. The fraction of sp³-hybridized carbons (Fsp3) is 0.824. The van der Waals surface area contributed by atoms with Crippen molar-refractivity contribution in [3.8, 4) is 0 Å². The molecule has 21 heavy (non-hydrogen) atoms. The Morgan fingerprint density at radius 1 is 1.14 bits per heavy atom. The van der Waals surface area contributed by atoms with Crippen LogP contribution in [0.4, 0.5) is 0 Å². The van der Waals surface area contributed by atoms with Crippen LogP contribution < -0.4 is 0 Å². The summed E-state index contributed by atoms with van der Waals surface area (Å²) in [6, 6.07) is 0. The first-order chi connectivity index (χ1) is 10.3. The lowest BCUT2D eigenvalue weighted by Crippen LogP contribution is -2.39. The summed E-state index contributed by atoms with van der Waals surface area (Å²) in [4.78, 5) is 6.89. The van der Waals surface area contributed by atoms with Gasteiger partial charge in [0, 0.05) is 12.5 Å². The third kappa shape index (κ3) is 2.88. The molecule has 4 heteroatoms. The largest absolute Gasteiger partial charge is 0.449 e. The van der Waals surface area contributed by atoms with E-state index in [4.69, 9.17) is 9.15 Å². The van der Waals surface area contributed by atoms with Crippen LogP contribution >= 0.6 is 0 Å². The van der Waals surface area contributed by atoms with Crippen LogP contribution in [0, 0.1) is 0 Å². The molecule has 116 valence electrons. The second kappa shape index (κ2) is 5.73. The van der Waals surface area contributed by atoms with Gasteiger partial charge in [0.25, 0.3) is 0 Å². The van der Waals surface area contributed by atoms with Crippen LogP contribution in [0.15, 0.2) is 16.9 Å². The molecule has 0 aromatic carbocycles. The van der Waals surface area contributed by atoms with Gasteiger partial charge in [0.2, 0.25) is 0 Å².